The van der Waals surface area contributed by atoms with Gasteiger partial charge in [-0.25, -0.2) is 0 Å². The van der Waals surface area contributed by atoms with E-state index in [1.165, 1.54) is 0 Å². The number of amides is 1. The minimum atomic E-state index is -0.141. The Morgan fingerprint density at radius 2 is 2.24 bits per heavy atom. The molecule has 2 rings (SSSR count). The maximum atomic E-state index is 11.8. The first-order valence-corrected chi connectivity index (χ1v) is 6.55. The van der Waals surface area contributed by atoms with Gasteiger partial charge in [0.1, 0.15) is 0 Å². The van der Waals surface area contributed by atoms with Crippen LogP contribution in [0.4, 0.5) is 5.69 Å². The number of guanidine groups is 1. The Morgan fingerprint density at radius 1 is 1.48 bits per heavy atom. The van der Waals surface area contributed by atoms with Crippen molar-refractivity contribution < 1.29 is 4.79 Å². The van der Waals surface area contributed by atoms with Crippen LogP contribution in [0.5, 0.6) is 0 Å². The quantitative estimate of drug-likeness (QED) is 0.312. The smallest absolute Gasteiger partial charge is 0.243 e. The molecule has 6 heteroatoms. The summed E-state index contributed by atoms with van der Waals surface area (Å²) in [6, 6.07) is 7.68. The van der Waals surface area contributed by atoms with Crippen LogP contribution >= 0.6 is 24.0 Å². The largest absolute Gasteiger partial charge is 0.354 e. The molecular weight excluding hydrogens is 379 g/mol. The van der Waals surface area contributed by atoms with Crippen LogP contribution in [-0.4, -0.2) is 31.5 Å². The highest BCUT2D eigenvalue weighted by Crippen LogP contribution is 2.18. The fourth-order valence-corrected chi connectivity index (χ4v) is 1.67. The Kier molecular flexibility index (Phi) is 7.02. The molecule has 1 aliphatic carbocycles. The Bertz CT molecular complexity index is 561. The predicted octanol–water partition coefficient (Wildman–Crippen LogP) is 1.55. The van der Waals surface area contributed by atoms with E-state index >= 15 is 0 Å². The van der Waals surface area contributed by atoms with E-state index in [1.807, 2.05) is 12.1 Å². The number of hydrogen-bond acceptors (Lipinski definition) is 2. The van der Waals surface area contributed by atoms with Crippen LogP contribution < -0.4 is 16.0 Å². The van der Waals surface area contributed by atoms with Gasteiger partial charge in [-0.05, 0) is 31.0 Å². The third kappa shape index (κ3) is 6.04. The van der Waals surface area contributed by atoms with Crippen molar-refractivity contribution in [3.8, 4) is 12.3 Å². The summed E-state index contributed by atoms with van der Waals surface area (Å²) in [7, 11) is 1.69. The number of carbonyl (C=O) groups excluding carboxylic acids is 1. The molecule has 112 valence electrons. The molecule has 0 radical (unpaired) electrons. The second-order valence-corrected chi connectivity index (χ2v) is 4.62. The summed E-state index contributed by atoms with van der Waals surface area (Å²) < 4.78 is 0. The fraction of sp³-hybridized carbons (Fsp3) is 0.333. The SMILES string of the molecule is C#Cc1cccc(NC(=O)CNC(=NC)NC2CC2)c1.I. The van der Waals surface area contributed by atoms with Crippen molar-refractivity contribution in [3.05, 3.63) is 29.8 Å². The number of carbonyl (C=O) groups is 1. The number of nitrogens with one attached hydrogen (secondary N) is 3. The van der Waals surface area contributed by atoms with Crippen LogP contribution in [0.1, 0.15) is 18.4 Å². The second kappa shape index (κ2) is 8.52. The van der Waals surface area contributed by atoms with Crippen molar-refractivity contribution in [2.45, 2.75) is 18.9 Å². The first kappa shape index (κ1) is 17.3. The summed E-state index contributed by atoms with van der Waals surface area (Å²) >= 11 is 0. The van der Waals surface area contributed by atoms with Crippen molar-refractivity contribution in [1.82, 2.24) is 10.6 Å². The molecule has 1 aliphatic rings. The van der Waals surface area contributed by atoms with Gasteiger partial charge in [-0.2, -0.15) is 0 Å². The Hall–Kier alpha value is -1.75. The molecule has 5 nitrogen and oxygen atoms in total. The molecule has 0 atom stereocenters. The van der Waals surface area contributed by atoms with Gasteiger partial charge >= 0.3 is 0 Å². The van der Waals surface area contributed by atoms with E-state index in [4.69, 9.17) is 6.42 Å². The summed E-state index contributed by atoms with van der Waals surface area (Å²) in [5.41, 5.74) is 1.43. The summed E-state index contributed by atoms with van der Waals surface area (Å²) in [4.78, 5) is 15.9. The van der Waals surface area contributed by atoms with Gasteiger partial charge in [-0.15, -0.1) is 30.4 Å². The topological polar surface area (TPSA) is 65.5 Å². The third-order valence-electron chi connectivity index (χ3n) is 2.87. The number of hydrogen-bond donors (Lipinski definition) is 3. The summed E-state index contributed by atoms with van der Waals surface area (Å²) in [6.45, 7) is 0.159. The lowest BCUT2D eigenvalue weighted by Gasteiger charge is -2.11. The zero-order valence-electron chi connectivity index (χ0n) is 11.8. The first-order valence-electron chi connectivity index (χ1n) is 6.55. The summed E-state index contributed by atoms with van der Waals surface area (Å²) in [6.07, 6.45) is 7.64. The molecule has 1 amide bonds. The van der Waals surface area contributed by atoms with Gasteiger partial charge < -0.3 is 16.0 Å². The van der Waals surface area contributed by atoms with Gasteiger partial charge in [-0.1, -0.05) is 12.0 Å². The predicted molar refractivity (Wildman–Crippen MR) is 95.9 cm³/mol. The molecule has 1 saturated carbocycles. The van der Waals surface area contributed by atoms with Crippen molar-refractivity contribution >= 4 is 41.5 Å². The fourth-order valence-electron chi connectivity index (χ4n) is 1.67. The second-order valence-electron chi connectivity index (χ2n) is 4.62. The monoisotopic (exact) mass is 398 g/mol. The molecule has 1 aromatic rings. The van der Waals surface area contributed by atoms with E-state index < -0.39 is 0 Å². The van der Waals surface area contributed by atoms with Crippen LogP contribution in [-0.2, 0) is 4.79 Å². The molecule has 21 heavy (non-hydrogen) atoms. The first-order chi connectivity index (χ1) is 9.71. The van der Waals surface area contributed by atoms with Crippen molar-refractivity contribution in [1.29, 1.82) is 0 Å². The molecule has 0 aromatic heterocycles. The van der Waals surface area contributed by atoms with Crippen molar-refractivity contribution in [2.24, 2.45) is 4.99 Å². The van der Waals surface area contributed by atoms with Crippen molar-refractivity contribution in [3.63, 3.8) is 0 Å². The van der Waals surface area contributed by atoms with Gasteiger partial charge in [-0.3, -0.25) is 9.79 Å². The highest BCUT2D eigenvalue weighted by Gasteiger charge is 2.22. The molecule has 0 spiro atoms. The third-order valence-corrected chi connectivity index (χ3v) is 2.87. The Balaban J connectivity index is 0.00000220. The molecule has 1 aromatic carbocycles. The number of aliphatic imine (C=N–C) groups is 1. The van der Waals surface area contributed by atoms with Crippen molar-refractivity contribution in [2.75, 3.05) is 18.9 Å². The van der Waals surface area contributed by atoms with Gasteiger partial charge in [0.15, 0.2) is 5.96 Å². The van der Waals surface area contributed by atoms with Crippen LogP contribution in [0.15, 0.2) is 29.3 Å². The lowest BCUT2D eigenvalue weighted by atomic mass is 10.2. The van der Waals surface area contributed by atoms with E-state index in [2.05, 4.69) is 26.9 Å². The van der Waals surface area contributed by atoms with Crippen LogP contribution in [0.3, 0.4) is 0 Å². The van der Waals surface area contributed by atoms with E-state index in [0.717, 1.165) is 18.4 Å². The Labute approximate surface area is 142 Å². The number of rotatable bonds is 4. The zero-order valence-corrected chi connectivity index (χ0v) is 14.2. The number of benzene rings is 1. The minimum Gasteiger partial charge on any atom is -0.354 e. The van der Waals surface area contributed by atoms with Gasteiger partial charge in [0.2, 0.25) is 5.91 Å². The minimum absolute atomic E-state index is 0. The van der Waals surface area contributed by atoms with Gasteiger partial charge in [0, 0.05) is 24.3 Å². The zero-order chi connectivity index (χ0) is 14.4. The highest BCUT2D eigenvalue weighted by molar-refractivity contribution is 14.0. The lowest BCUT2D eigenvalue weighted by molar-refractivity contribution is -0.115. The van der Waals surface area contributed by atoms with E-state index in [9.17, 15) is 4.79 Å². The molecule has 0 bridgehead atoms. The van der Waals surface area contributed by atoms with Crippen LogP contribution in [0, 0.1) is 12.3 Å². The normalized spacial score (nSPS) is 13.6. The molecule has 0 aliphatic heterocycles. The lowest BCUT2D eigenvalue weighted by Crippen LogP contribution is -2.42. The molecule has 0 saturated heterocycles. The number of terminal acetylenes is 1. The van der Waals surface area contributed by atoms with E-state index in [-0.39, 0.29) is 36.4 Å². The average molecular weight is 398 g/mol. The molecule has 0 unspecified atom stereocenters. The Morgan fingerprint density at radius 3 is 2.86 bits per heavy atom. The maximum absolute atomic E-state index is 11.8. The van der Waals surface area contributed by atoms with Crippen LogP contribution in [0.25, 0.3) is 0 Å². The maximum Gasteiger partial charge on any atom is 0.243 e. The summed E-state index contributed by atoms with van der Waals surface area (Å²) in [5, 5.41) is 8.97. The molecule has 0 heterocycles. The van der Waals surface area contributed by atoms with Crippen LogP contribution in [0.2, 0.25) is 0 Å². The number of anilines is 1. The number of halogens is 1. The van der Waals surface area contributed by atoms with Gasteiger partial charge in [0.05, 0.1) is 6.54 Å². The summed E-state index contributed by atoms with van der Waals surface area (Å²) in [5.74, 6) is 3.04. The van der Waals surface area contributed by atoms with E-state index in [1.54, 1.807) is 19.2 Å². The van der Waals surface area contributed by atoms with E-state index in [0.29, 0.717) is 17.7 Å². The number of nitrogens with zero attached hydrogens (tertiary/aromatic N) is 1. The molecule has 1 fully saturated rings. The van der Waals surface area contributed by atoms with Gasteiger partial charge in [0.25, 0.3) is 0 Å². The molecule has 3 N–H and O–H groups in total. The highest BCUT2D eigenvalue weighted by atomic mass is 127. The standard InChI is InChI=1S/C15H18N4O.HI/c1-3-11-5-4-6-13(9-11)18-14(20)10-17-15(16-2)19-12-7-8-12;/h1,4-6,9,12H,7-8,10H2,2H3,(H,18,20)(H2,16,17,19);1H. The molecular formula is C15H19IN4O. The average Bonchev–Trinajstić information content (AvgIpc) is 3.27.